The van der Waals surface area contributed by atoms with E-state index in [1.165, 1.54) is 14.2 Å². The number of hydrogen-bond donors (Lipinski definition) is 1. The van der Waals surface area contributed by atoms with Gasteiger partial charge in [0.1, 0.15) is 5.71 Å². The number of rotatable bonds is 8. The largest absolute Gasteiger partial charge is 0.493 e. The van der Waals surface area contributed by atoms with E-state index in [1.54, 1.807) is 29.5 Å². The minimum atomic E-state index is -0.354. The Morgan fingerprint density at radius 2 is 1.82 bits per heavy atom. The van der Waals surface area contributed by atoms with Crippen molar-refractivity contribution in [3.63, 3.8) is 0 Å². The number of amides is 1. The molecular formula is C26H26N2O4S. The highest BCUT2D eigenvalue weighted by Crippen LogP contribution is 2.28. The maximum absolute atomic E-state index is 12.5. The van der Waals surface area contributed by atoms with Gasteiger partial charge in [0.2, 0.25) is 5.91 Å². The third-order valence-corrected chi connectivity index (χ3v) is 5.76. The van der Waals surface area contributed by atoms with E-state index in [0.717, 1.165) is 15.6 Å². The van der Waals surface area contributed by atoms with Crippen LogP contribution in [-0.4, -0.2) is 31.6 Å². The molecule has 7 heteroatoms. The third kappa shape index (κ3) is 6.21. The number of ketones is 1. The second kappa shape index (κ2) is 11.3. The van der Waals surface area contributed by atoms with Crippen LogP contribution in [0.5, 0.6) is 11.5 Å². The Labute approximate surface area is 197 Å². The highest BCUT2D eigenvalue weighted by Gasteiger charge is 2.14. The van der Waals surface area contributed by atoms with E-state index >= 15 is 0 Å². The second-order valence-corrected chi connectivity index (χ2v) is 8.47. The summed E-state index contributed by atoms with van der Waals surface area (Å²) in [6.45, 7) is 3.99. The number of fused-ring (bicyclic) bond motifs is 1. The predicted octanol–water partition coefficient (Wildman–Crippen LogP) is 5.06. The fourth-order valence-electron chi connectivity index (χ4n) is 3.08. The van der Waals surface area contributed by atoms with Crippen molar-refractivity contribution in [2.45, 2.75) is 26.7 Å². The molecule has 1 N–H and O–H groups in total. The van der Waals surface area contributed by atoms with Crippen molar-refractivity contribution in [2.24, 2.45) is 11.0 Å². The van der Waals surface area contributed by atoms with Gasteiger partial charge in [-0.25, -0.2) is 5.43 Å². The van der Waals surface area contributed by atoms with E-state index in [-0.39, 0.29) is 30.4 Å². The average molecular weight is 463 g/mol. The first-order valence-corrected chi connectivity index (χ1v) is 11.4. The Bertz CT molecular complexity index is 1250. The molecule has 0 bridgehead atoms. The van der Waals surface area contributed by atoms with E-state index in [1.807, 2.05) is 43.5 Å². The average Bonchev–Trinajstić information content (AvgIpc) is 3.26. The Balaban J connectivity index is 1.70. The predicted molar refractivity (Wildman–Crippen MR) is 132 cm³/mol. The summed E-state index contributed by atoms with van der Waals surface area (Å²) in [7, 11) is 3.04. The summed E-state index contributed by atoms with van der Waals surface area (Å²) >= 11 is 1.60. The number of nitrogens with one attached hydrogen (secondary N) is 1. The first-order valence-electron chi connectivity index (χ1n) is 10.5. The maximum Gasteiger partial charge on any atom is 0.240 e. The van der Waals surface area contributed by atoms with Gasteiger partial charge >= 0.3 is 0 Å². The molecule has 1 heterocycles. The molecule has 0 radical (unpaired) electrons. The molecule has 0 atom stereocenters. The summed E-state index contributed by atoms with van der Waals surface area (Å²) in [6, 6.07) is 12.9. The van der Waals surface area contributed by atoms with Gasteiger partial charge in [0, 0.05) is 45.4 Å². The van der Waals surface area contributed by atoms with Crippen molar-refractivity contribution >= 4 is 38.8 Å². The standard InChI is InChI=1S/C26H26N2O4S/c1-17(2)9-11-21(20-16-33-25-8-6-5-7-19(20)25)27-28-26(30)14-12-22(29)18-10-13-23(31-3)24(15-18)32-4/h5-8,10,13,15-17H,12,14H2,1-4H3,(H,28,30)/b27-21+. The molecule has 1 aromatic heterocycles. The molecule has 6 nitrogen and oxygen atoms in total. The molecule has 3 aromatic rings. The van der Waals surface area contributed by atoms with Gasteiger partial charge < -0.3 is 9.47 Å². The number of ether oxygens (including phenoxy) is 2. The van der Waals surface area contributed by atoms with Gasteiger partial charge in [-0.05, 0) is 30.2 Å². The van der Waals surface area contributed by atoms with E-state index in [4.69, 9.17) is 9.47 Å². The highest BCUT2D eigenvalue weighted by atomic mass is 32.1. The Morgan fingerprint density at radius 3 is 2.55 bits per heavy atom. The Hall–Kier alpha value is -3.63. The van der Waals surface area contributed by atoms with E-state index in [0.29, 0.717) is 22.8 Å². The van der Waals surface area contributed by atoms with E-state index in [9.17, 15) is 9.59 Å². The first-order chi connectivity index (χ1) is 15.9. The van der Waals surface area contributed by atoms with Gasteiger partial charge in [0.05, 0.1) is 14.2 Å². The zero-order valence-electron chi connectivity index (χ0n) is 19.1. The zero-order valence-corrected chi connectivity index (χ0v) is 19.9. The number of carbonyl (C=O) groups excluding carboxylic acids is 2. The molecule has 0 saturated heterocycles. The van der Waals surface area contributed by atoms with Crippen molar-refractivity contribution in [2.75, 3.05) is 14.2 Å². The second-order valence-electron chi connectivity index (χ2n) is 7.56. The third-order valence-electron chi connectivity index (χ3n) is 4.79. The molecule has 0 aliphatic heterocycles. The van der Waals surface area contributed by atoms with E-state index < -0.39 is 0 Å². The molecule has 0 aliphatic carbocycles. The summed E-state index contributed by atoms with van der Waals surface area (Å²) < 4.78 is 11.6. The number of benzene rings is 2. The molecule has 2 aromatic carbocycles. The van der Waals surface area contributed by atoms with Crippen LogP contribution in [0.3, 0.4) is 0 Å². The molecular weight excluding hydrogens is 436 g/mol. The number of nitrogens with zero attached hydrogens (tertiary/aromatic N) is 1. The van der Waals surface area contributed by atoms with Crippen LogP contribution in [0, 0.1) is 17.8 Å². The Kier molecular flexibility index (Phi) is 8.22. The van der Waals surface area contributed by atoms with Crippen molar-refractivity contribution in [3.05, 3.63) is 59.0 Å². The summed E-state index contributed by atoms with van der Waals surface area (Å²) in [5.41, 5.74) is 4.40. The first kappa shape index (κ1) is 24.0. The van der Waals surface area contributed by atoms with Gasteiger partial charge in [0.25, 0.3) is 0 Å². The zero-order chi connectivity index (χ0) is 23.8. The fraction of sp³-hybridized carbons (Fsp3) is 0.269. The number of hydrogen-bond acceptors (Lipinski definition) is 6. The highest BCUT2D eigenvalue weighted by molar-refractivity contribution is 7.17. The lowest BCUT2D eigenvalue weighted by Crippen LogP contribution is -2.20. The molecule has 3 rings (SSSR count). The molecule has 0 fully saturated rings. The summed E-state index contributed by atoms with van der Waals surface area (Å²) in [5, 5.41) is 7.32. The van der Waals surface area contributed by atoms with Crippen molar-refractivity contribution in [1.82, 2.24) is 5.43 Å². The quantitative estimate of drug-likeness (QED) is 0.220. The molecule has 0 spiro atoms. The maximum atomic E-state index is 12.5. The van der Waals surface area contributed by atoms with Crippen molar-refractivity contribution < 1.29 is 19.1 Å². The minimum absolute atomic E-state index is 0.00590. The van der Waals surface area contributed by atoms with Crippen LogP contribution >= 0.6 is 11.3 Å². The van der Waals surface area contributed by atoms with Crippen LogP contribution in [0.2, 0.25) is 0 Å². The van der Waals surface area contributed by atoms with Crippen LogP contribution in [-0.2, 0) is 4.79 Å². The lowest BCUT2D eigenvalue weighted by Gasteiger charge is -2.09. The lowest BCUT2D eigenvalue weighted by molar-refractivity contribution is -0.121. The number of thiophene rings is 1. The lowest BCUT2D eigenvalue weighted by atomic mass is 10.1. The van der Waals surface area contributed by atoms with Crippen molar-refractivity contribution in [1.29, 1.82) is 0 Å². The van der Waals surface area contributed by atoms with Crippen molar-refractivity contribution in [3.8, 4) is 23.3 Å². The van der Waals surface area contributed by atoms with Crippen LogP contribution in [0.15, 0.2) is 52.9 Å². The number of methoxy groups -OCH3 is 2. The minimum Gasteiger partial charge on any atom is -0.493 e. The van der Waals surface area contributed by atoms with Gasteiger partial charge in [-0.1, -0.05) is 38.0 Å². The molecule has 1 amide bonds. The van der Waals surface area contributed by atoms with Crippen LogP contribution in [0.25, 0.3) is 10.1 Å². The smallest absolute Gasteiger partial charge is 0.240 e. The fourth-order valence-corrected chi connectivity index (χ4v) is 4.03. The monoisotopic (exact) mass is 462 g/mol. The molecule has 0 saturated carbocycles. The summed E-state index contributed by atoms with van der Waals surface area (Å²) in [5.74, 6) is 6.84. The molecule has 33 heavy (non-hydrogen) atoms. The normalized spacial score (nSPS) is 11.1. The molecule has 170 valence electrons. The van der Waals surface area contributed by atoms with Gasteiger partial charge in [-0.3, -0.25) is 9.59 Å². The van der Waals surface area contributed by atoms with E-state index in [2.05, 4.69) is 22.4 Å². The SMILES string of the molecule is COc1ccc(C(=O)CCC(=O)N/N=C(\C#CC(C)C)c2csc3ccccc23)cc1OC. The van der Waals surface area contributed by atoms with Crippen LogP contribution in [0.4, 0.5) is 0 Å². The summed E-state index contributed by atoms with van der Waals surface area (Å²) in [6.07, 6.45) is 0.0528. The van der Waals surface area contributed by atoms with Gasteiger partial charge in [-0.2, -0.15) is 5.10 Å². The number of hydrazone groups is 1. The number of carbonyl (C=O) groups is 2. The summed E-state index contributed by atoms with van der Waals surface area (Å²) in [4.78, 5) is 24.9. The Morgan fingerprint density at radius 1 is 1.06 bits per heavy atom. The van der Waals surface area contributed by atoms with Crippen LogP contribution < -0.4 is 14.9 Å². The molecule has 0 aliphatic rings. The number of Topliss-reactive ketones (excluding diaryl/α,β-unsaturated/α-hetero) is 1. The van der Waals surface area contributed by atoms with Gasteiger partial charge in [-0.15, -0.1) is 11.3 Å². The topological polar surface area (TPSA) is 77.0 Å². The molecule has 0 unspecified atom stereocenters. The van der Waals surface area contributed by atoms with Gasteiger partial charge in [0.15, 0.2) is 17.3 Å². The van der Waals surface area contributed by atoms with Crippen LogP contribution in [0.1, 0.15) is 42.6 Å².